The van der Waals surface area contributed by atoms with E-state index >= 15 is 0 Å². The first-order valence-corrected chi connectivity index (χ1v) is 11.4. The van der Waals surface area contributed by atoms with Gasteiger partial charge in [0.25, 0.3) is 5.56 Å². The van der Waals surface area contributed by atoms with Gasteiger partial charge in [0, 0.05) is 23.1 Å². The molecule has 1 N–H and O–H groups in total. The van der Waals surface area contributed by atoms with E-state index in [2.05, 4.69) is 4.98 Å². The van der Waals surface area contributed by atoms with Gasteiger partial charge in [-0.1, -0.05) is 6.92 Å². The summed E-state index contributed by atoms with van der Waals surface area (Å²) in [4.78, 5) is 30.3. The third-order valence-electron chi connectivity index (χ3n) is 7.06. The molecule has 0 radical (unpaired) electrons. The zero-order chi connectivity index (χ0) is 25.4. The van der Waals surface area contributed by atoms with Gasteiger partial charge in [0.05, 0.1) is 35.4 Å². The molecular formula is C27H19F3N2O4. The number of carbonyl (C=O) groups excluding carboxylic acids is 1. The molecule has 36 heavy (non-hydrogen) atoms. The first kappa shape index (κ1) is 22.5. The Morgan fingerprint density at radius 3 is 2.50 bits per heavy atom. The van der Waals surface area contributed by atoms with Crippen LogP contribution in [0.25, 0.3) is 33.4 Å². The Bertz CT molecular complexity index is 1660. The number of rotatable bonds is 2. The van der Waals surface area contributed by atoms with Crippen LogP contribution in [0, 0.1) is 17.5 Å². The molecule has 0 aliphatic carbocycles. The predicted octanol–water partition coefficient (Wildman–Crippen LogP) is 4.55. The van der Waals surface area contributed by atoms with E-state index < -0.39 is 34.6 Å². The summed E-state index contributed by atoms with van der Waals surface area (Å²) < 4.78 is 49.2. The normalized spacial score (nSPS) is 18.4. The fraction of sp³-hybridized carbons (Fsp3) is 0.222. The molecule has 0 amide bonds. The minimum absolute atomic E-state index is 0.0308. The van der Waals surface area contributed by atoms with Crippen molar-refractivity contribution in [1.29, 1.82) is 0 Å². The monoisotopic (exact) mass is 492 g/mol. The second-order valence-corrected chi connectivity index (χ2v) is 9.17. The largest absolute Gasteiger partial charge is 0.460 e. The molecule has 0 bridgehead atoms. The SMILES string of the molecule is CC[C@@]1(O)CC(=O)OCc2c1cc1n(c2=O)Cc2c-1nc1cc(F)ccc1c2-c1cc(F)cc(F)c1. The van der Waals surface area contributed by atoms with Crippen LogP contribution in [-0.2, 0) is 28.3 Å². The minimum Gasteiger partial charge on any atom is -0.460 e. The Morgan fingerprint density at radius 1 is 1.03 bits per heavy atom. The van der Waals surface area contributed by atoms with Crippen LogP contribution in [0.1, 0.15) is 36.5 Å². The molecule has 6 rings (SSSR count). The summed E-state index contributed by atoms with van der Waals surface area (Å²) in [6.07, 6.45) is -0.147. The van der Waals surface area contributed by atoms with Crippen LogP contribution in [0.3, 0.4) is 0 Å². The zero-order valence-electron chi connectivity index (χ0n) is 19.1. The average Bonchev–Trinajstić information content (AvgIpc) is 3.12. The quantitative estimate of drug-likeness (QED) is 0.366. The minimum atomic E-state index is -1.61. The highest BCUT2D eigenvalue weighted by molar-refractivity contribution is 5.99. The fourth-order valence-corrected chi connectivity index (χ4v) is 5.28. The van der Waals surface area contributed by atoms with Crippen LogP contribution < -0.4 is 5.56 Å². The van der Waals surface area contributed by atoms with Crippen LogP contribution in [0.2, 0.25) is 0 Å². The van der Waals surface area contributed by atoms with Gasteiger partial charge in [-0.05, 0) is 53.4 Å². The number of ether oxygens (including phenoxy) is 1. The molecule has 2 aliphatic rings. The summed E-state index contributed by atoms with van der Waals surface area (Å²) in [5.41, 5.74) is 0.499. The van der Waals surface area contributed by atoms with E-state index in [1.165, 1.54) is 34.9 Å². The molecule has 0 fully saturated rings. The van der Waals surface area contributed by atoms with Gasteiger partial charge in [-0.3, -0.25) is 9.59 Å². The maximum absolute atomic E-state index is 14.2. The summed E-state index contributed by atoms with van der Waals surface area (Å²) in [7, 11) is 0. The van der Waals surface area contributed by atoms with E-state index in [9.17, 15) is 27.9 Å². The van der Waals surface area contributed by atoms with Crippen molar-refractivity contribution in [2.75, 3.05) is 0 Å². The van der Waals surface area contributed by atoms with Gasteiger partial charge in [-0.15, -0.1) is 0 Å². The molecule has 2 aromatic heterocycles. The number of cyclic esters (lactones) is 1. The molecule has 182 valence electrons. The topological polar surface area (TPSA) is 81.4 Å². The first-order chi connectivity index (χ1) is 17.2. The van der Waals surface area contributed by atoms with Gasteiger partial charge in [0.15, 0.2) is 0 Å². The number of aliphatic hydroxyl groups is 1. The number of benzene rings is 2. The van der Waals surface area contributed by atoms with Crippen LogP contribution in [0.4, 0.5) is 13.2 Å². The molecule has 0 spiro atoms. The number of carbonyl (C=O) groups is 1. The van der Waals surface area contributed by atoms with Crippen molar-refractivity contribution in [2.24, 2.45) is 0 Å². The molecule has 6 nitrogen and oxygen atoms in total. The maximum Gasteiger partial charge on any atom is 0.309 e. The highest BCUT2D eigenvalue weighted by atomic mass is 19.1. The van der Waals surface area contributed by atoms with Crippen molar-refractivity contribution < 1.29 is 27.8 Å². The highest BCUT2D eigenvalue weighted by Gasteiger charge is 2.40. The molecule has 0 unspecified atom stereocenters. The zero-order valence-corrected chi connectivity index (χ0v) is 19.1. The van der Waals surface area contributed by atoms with E-state index in [4.69, 9.17) is 4.74 Å². The number of esters is 1. The number of hydrogen-bond donors (Lipinski definition) is 1. The first-order valence-electron chi connectivity index (χ1n) is 11.4. The van der Waals surface area contributed by atoms with Crippen molar-refractivity contribution in [3.63, 3.8) is 0 Å². The molecule has 0 saturated heterocycles. The number of pyridine rings is 2. The molecule has 0 saturated carbocycles. The van der Waals surface area contributed by atoms with Gasteiger partial charge >= 0.3 is 5.97 Å². The standard InChI is InChI=1S/C27H19F3N2O4/c1-2-27(35)10-23(33)36-12-19-20(27)9-22-25-18(11-32(22)26(19)34)24(13-5-15(29)7-16(30)6-13)17-4-3-14(28)8-21(17)31-25/h3-9,35H,2,10-12H2,1H3/t27-/m1/s1. The molecule has 1 atom stereocenters. The third kappa shape index (κ3) is 3.26. The highest BCUT2D eigenvalue weighted by Crippen LogP contribution is 2.43. The van der Waals surface area contributed by atoms with Crippen molar-refractivity contribution in [3.05, 3.63) is 87.0 Å². The Morgan fingerprint density at radius 2 is 1.78 bits per heavy atom. The van der Waals surface area contributed by atoms with Crippen LogP contribution in [0.5, 0.6) is 0 Å². The molecule has 2 aliphatic heterocycles. The number of hydrogen-bond acceptors (Lipinski definition) is 5. The maximum atomic E-state index is 14.2. The van der Waals surface area contributed by atoms with E-state index in [-0.39, 0.29) is 48.2 Å². The summed E-state index contributed by atoms with van der Waals surface area (Å²) in [6.45, 7) is 1.45. The molecule has 4 aromatic rings. The summed E-state index contributed by atoms with van der Waals surface area (Å²) in [5, 5.41) is 11.8. The van der Waals surface area contributed by atoms with Crippen molar-refractivity contribution >= 4 is 16.9 Å². The molecule has 4 heterocycles. The number of halogens is 3. The lowest BCUT2D eigenvalue weighted by Crippen LogP contribution is -2.32. The average molecular weight is 492 g/mol. The number of aromatic nitrogens is 2. The van der Waals surface area contributed by atoms with Crippen LogP contribution in [-0.4, -0.2) is 20.6 Å². The van der Waals surface area contributed by atoms with Gasteiger partial charge in [0.2, 0.25) is 0 Å². The van der Waals surface area contributed by atoms with Gasteiger partial charge in [0.1, 0.15) is 29.7 Å². The summed E-state index contributed by atoms with van der Waals surface area (Å²) in [5.74, 6) is -2.71. The van der Waals surface area contributed by atoms with E-state index in [1.807, 2.05) is 0 Å². The van der Waals surface area contributed by atoms with Crippen molar-refractivity contribution in [3.8, 4) is 22.5 Å². The summed E-state index contributed by atoms with van der Waals surface area (Å²) in [6, 6.07) is 8.68. The Hall–Kier alpha value is -3.98. The van der Waals surface area contributed by atoms with Crippen LogP contribution in [0.15, 0.2) is 47.3 Å². The van der Waals surface area contributed by atoms with E-state index in [1.54, 1.807) is 13.0 Å². The van der Waals surface area contributed by atoms with Gasteiger partial charge < -0.3 is 14.4 Å². The number of fused-ring (bicyclic) bond motifs is 5. The smallest absolute Gasteiger partial charge is 0.309 e. The second-order valence-electron chi connectivity index (χ2n) is 9.17. The third-order valence-corrected chi connectivity index (χ3v) is 7.06. The molecule has 2 aromatic carbocycles. The molecule has 9 heteroatoms. The Balaban J connectivity index is 1.69. The van der Waals surface area contributed by atoms with E-state index in [0.717, 1.165) is 6.07 Å². The lowest BCUT2D eigenvalue weighted by molar-refractivity contribution is -0.149. The Labute approximate surface area is 202 Å². The van der Waals surface area contributed by atoms with Gasteiger partial charge in [-0.2, -0.15) is 0 Å². The van der Waals surface area contributed by atoms with Gasteiger partial charge in [-0.25, -0.2) is 18.2 Å². The van der Waals surface area contributed by atoms with Crippen molar-refractivity contribution in [2.45, 2.75) is 38.5 Å². The van der Waals surface area contributed by atoms with Crippen LogP contribution >= 0.6 is 0 Å². The Kier molecular flexibility index (Phi) is 4.85. The number of nitrogens with zero attached hydrogens (tertiary/aromatic N) is 2. The lowest BCUT2D eigenvalue weighted by atomic mass is 9.85. The predicted molar refractivity (Wildman–Crippen MR) is 124 cm³/mol. The molecular weight excluding hydrogens is 473 g/mol. The lowest BCUT2D eigenvalue weighted by Gasteiger charge is -2.26. The van der Waals surface area contributed by atoms with Crippen molar-refractivity contribution in [1.82, 2.24) is 9.55 Å². The fourth-order valence-electron chi connectivity index (χ4n) is 5.28. The summed E-state index contributed by atoms with van der Waals surface area (Å²) >= 11 is 0. The second kappa shape index (κ2) is 7.76. The van der Waals surface area contributed by atoms with E-state index in [0.29, 0.717) is 27.9 Å².